The number of piperazine rings is 1. The monoisotopic (exact) mass is 228 g/mol. The van der Waals surface area contributed by atoms with Crippen molar-refractivity contribution in [3.63, 3.8) is 0 Å². The first kappa shape index (κ1) is 10.8. The minimum Gasteiger partial charge on any atom is -0.331 e. The number of rotatable bonds is 3. The van der Waals surface area contributed by atoms with Crippen LogP contribution in [0.1, 0.15) is 12.8 Å². The van der Waals surface area contributed by atoms with Crippen LogP contribution in [0.25, 0.3) is 0 Å². The third-order valence-electron chi connectivity index (χ3n) is 3.06. The fourth-order valence-electron chi connectivity index (χ4n) is 2.26. The molecule has 0 aromatic carbocycles. The Morgan fingerprint density at radius 3 is 3.00 bits per heavy atom. The average molecular weight is 228 g/mol. The SMILES string of the molecule is CSCCN1CC(=O)N2CCCC2C1=O. The van der Waals surface area contributed by atoms with Gasteiger partial charge in [0.15, 0.2) is 0 Å². The summed E-state index contributed by atoms with van der Waals surface area (Å²) in [5.74, 6) is 1.19. The van der Waals surface area contributed by atoms with Gasteiger partial charge < -0.3 is 9.80 Å². The smallest absolute Gasteiger partial charge is 0.245 e. The van der Waals surface area contributed by atoms with Gasteiger partial charge in [-0.05, 0) is 19.1 Å². The van der Waals surface area contributed by atoms with Crippen LogP contribution in [0.5, 0.6) is 0 Å². The summed E-state index contributed by atoms with van der Waals surface area (Å²) in [5, 5.41) is 0. The fraction of sp³-hybridized carbons (Fsp3) is 0.800. The molecule has 15 heavy (non-hydrogen) atoms. The zero-order valence-corrected chi connectivity index (χ0v) is 9.76. The highest BCUT2D eigenvalue weighted by Crippen LogP contribution is 2.23. The highest BCUT2D eigenvalue weighted by Gasteiger charge is 2.41. The molecule has 2 saturated heterocycles. The predicted molar refractivity (Wildman–Crippen MR) is 59.7 cm³/mol. The average Bonchev–Trinajstić information content (AvgIpc) is 2.70. The Labute approximate surface area is 94.0 Å². The molecule has 84 valence electrons. The number of hydrogen-bond acceptors (Lipinski definition) is 3. The maximum Gasteiger partial charge on any atom is 0.245 e. The van der Waals surface area contributed by atoms with Gasteiger partial charge in [-0.15, -0.1) is 0 Å². The van der Waals surface area contributed by atoms with Crippen molar-refractivity contribution in [3.8, 4) is 0 Å². The molecule has 1 unspecified atom stereocenters. The van der Waals surface area contributed by atoms with Crippen LogP contribution >= 0.6 is 11.8 Å². The number of fused-ring (bicyclic) bond motifs is 1. The Balaban J connectivity index is 2.03. The van der Waals surface area contributed by atoms with E-state index in [9.17, 15) is 9.59 Å². The van der Waals surface area contributed by atoms with Crippen molar-refractivity contribution in [1.82, 2.24) is 9.80 Å². The van der Waals surface area contributed by atoms with Gasteiger partial charge >= 0.3 is 0 Å². The molecule has 0 N–H and O–H groups in total. The minimum absolute atomic E-state index is 0.123. The topological polar surface area (TPSA) is 40.6 Å². The van der Waals surface area contributed by atoms with Gasteiger partial charge in [0.1, 0.15) is 6.04 Å². The van der Waals surface area contributed by atoms with Crippen molar-refractivity contribution >= 4 is 23.6 Å². The Morgan fingerprint density at radius 1 is 1.47 bits per heavy atom. The standard InChI is InChI=1S/C10H16N2O2S/c1-15-6-5-11-7-9(13)12-4-2-3-8(12)10(11)14/h8H,2-7H2,1H3. The zero-order valence-electron chi connectivity index (χ0n) is 8.94. The molecule has 2 rings (SSSR count). The number of amides is 2. The Kier molecular flexibility index (Phi) is 3.19. The van der Waals surface area contributed by atoms with E-state index in [-0.39, 0.29) is 24.4 Å². The molecule has 0 saturated carbocycles. The molecule has 0 radical (unpaired) electrons. The van der Waals surface area contributed by atoms with Crippen LogP contribution in [-0.4, -0.2) is 59.3 Å². The van der Waals surface area contributed by atoms with Crippen molar-refractivity contribution < 1.29 is 9.59 Å². The quantitative estimate of drug-likeness (QED) is 0.692. The Morgan fingerprint density at radius 2 is 2.27 bits per heavy atom. The Bertz CT molecular complexity index is 283. The van der Waals surface area contributed by atoms with Crippen LogP contribution in [0.2, 0.25) is 0 Å². The number of thioether (sulfide) groups is 1. The van der Waals surface area contributed by atoms with Crippen LogP contribution < -0.4 is 0 Å². The molecular formula is C10H16N2O2S. The number of hydrogen-bond donors (Lipinski definition) is 0. The van der Waals surface area contributed by atoms with Crippen LogP contribution in [0.3, 0.4) is 0 Å². The lowest BCUT2D eigenvalue weighted by Crippen LogP contribution is -2.57. The molecule has 0 bridgehead atoms. The maximum atomic E-state index is 12.0. The first-order chi connectivity index (χ1) is 7.24. The van der Waals surface area contributed by atoms with Crippen LogP contribution in [0, 0.1) is 0 Å². The van der Waals surface area contributed by atoms with Gasteiger partial charge in [0.05, 0.1) is 6.54 Å². The van der Waals surface area contributed by atoms with Crippen LogP contribution in [0.4, 0.5) is 0 Å². The van der Waals surface area contributed by atoms with Gasteiger partial charge in [-0.2, -0.15) is 11.8 Å². The van der Waals surface area contributed by atoms with Crippen molar-refractivity contribution in [2.45, 2.75) is 18.9 Å². The molecule has 2 fully saturated rings. The number of carbonyl (C=O) groups is 2. The summed E-state index contributed by atoms with van der Waals surface area (Å²) in [5.41, 5.74) is 0. The first-order valence-corrected chi connectivity index (χ1v) is 6.70. The lowest BCUT2D eigenvalue weighted by Gasteiger charge is -2.36. The third kappa shape index (κ3) is 1.97. The summed E-state index contributed by atoms with van der Waals surface area (Å²) < 4.78 is 0. The first-order valence-electron chi connectivity index (χ1n) is 5.31. The maximum absolute atomic E-state index is 12.0. The highest BCUT2D eigenvalue weighted by atomic mass is 32.2. The fourth-order valence-corrected chi connectivity index (χ4v) is 2.66. The molecule has 0 aromatic rings. The van der Waals surface area contributed by atoms with Gasteiger partial charge in [0, 0.05) is 18.8 Å². The lowest BCUT2D eigenvalue weighted by molar-refractivity contribution is -0.153. The van der Waals surface area contributed by atoms with Crippen molar-refractivity contribution in [1.29, 1.82) is 0 Å². The van der Waals surface area contributed by atoms with Crippen LogP contribution in [-0.2, 0) is 9.59 Å². The summed E-state index contributed by atoms with van der Waals surface area (Å²) in [6.07, 6.45) is 3.83. The Hall–Kier alpha value is -0.710. The van der Waals surface area contributed by atoms with E-state index in [0.717, 1.165) is 25.1 Å². The van der Waals surface area contributed by atoms with Gasteiger partial charge in [-0.3, -0.25) is 9.59 Å². The van der Waals surface area contributed by atoms with Crippen molar-refractivity contribution in [2.75, 3.05) is 31.6 Å². The molecule has 2 aliphatic rings. The van der Waals surface area contributed by atoms with E-state index in [1.807, 2.05) is 6.26 Å². The van der Waals surface area contributed by atoms with E-state index in [4.69, 9.17) is 0 Å². The predicted octanol–water partition coefficient (Wildman–Crippen LogP) is 0.183. The molecule has 2 amide bonds. The third-order valence-corrected chi connectivity index (χ3v) is 3.65. The summed E-state index contributed by atoms with van der Waals surface area (Å²) in [6, 6.07) is -0.145. The molecule has 2 heterocycles. The van der Waals surface area contributed by atoms with E-state index in [1.165, 1.54) is 0 Å². The van der Waals surface area contributed by atoms with E-state index in [1.54, 1.807) is 21.6 Å². The van der Waals surface area contributed by atoms with E-state index >= 15 is 0 Å². The van der Waals surface area contributed by atoms with E-state index in [0.29, 0.717) is 6.54 Å². The second-order valence-electron chi connectivity index (χ2n) is 4.00. The molecule has 0 aliphatic carbocycles. The minimum atomic E-state index is -0.145. The zero-order chi connectivity index (χ0) is 10.8. The largest absolute Gasteiger partial charge is 0.331 e. The molecule has 4 nitrogen and oxygen atoms in total. The normalized spacial score (nSPS) is 26.1. The van der Waals surface area contributed by atoms with Gasteiger partial charge in [-0.1, -0.05) is 0 Å². The summed E-state index contributed by atoms with van der Waals surface area (Å²) in [4.78, 5) is 27.2. The van der Waals surface area contributed by atoms with Gasteiger partial charge in [-0.25, -0.2) is 0 Å². The molecule has 5 heteroatoms. The lowest BCUT2D eigenvalue weighted by atomic mass is 10.1. The van der Waals surface area contributed by atoms with Gasteiger partial charge in [0.2, 0.25) is 11.8 Å². The molecule has 0 spiro atoms. The summed E-state index contributed by atoms with van der Waals surface area (Å²) >= 11 is 1.70. The summed E-state index contributed by atoms with van der Waals surface area (Å²) in [7, 11) is 0. The molecule has 1 atom stereocenters. The molecule has 2 aliphatic heterocycles. The second kappa shape index (κ2) is 4.43. The van der Waals surface area contributed by atoms with Crippen LogP contribution in [0.15, 0.2) is 0 Å². The van der Waals surface area contributed by atoms with E-state index in [2.05, 4.69) is 0 Å². The second-order valence-corrected chi connectivity index (χ2v) is 4.98. The highest BCUT2D eigenvalue weighted by molar-refractivity contribution is 7.98. The number of nitrogens with zero attached hydrogens (tertiary/aromatic N) is 2. The molecule has 0 aromatic heterocycles. The van der Waals surface area contributed by atoms with Crippen molar-refractivity contribution in [2.24, 2.45) is 0 Å². The molecular weight excluding hydrogens is 212 g/mol. The van der Waals surface area contributed by atoms with Crippen molar-refractivity contribution in [3.05, 3.63) is 0 Å². The van der Waals surface area contributed by atoms with E-state index < -0.39 is 0 Å². The number of carbonyl (C=O) groups excluding carboxylic acids is 2. The van der Waals surface area contributed by atoms with Gasteiger partial charge in [0.25, 0.3) is 0 Å². The summed E-state index contributed by atoms with van der Waals surface area (Å²) in [6.45, 7) is 1.76.